The Kier molecular flexibility index (Phi) is 6.45. The third kappa shape index (κ3) is 5.71. The predicted octanol–water partition coefficient (Wildman–Crippen LogP) is 1.16. The Morgan fingerprint density at radius 3 is 2.76 bits per heavy atom. The van der Waals surface area contributed by atoms with E-state index in [1.165, 1.54) is 12.1 Å². The number of aliphatic hydroxyl groups excluding tert-OH is 2. The fraction of sp³-hybridized carbons (Fsp3) is 0.529. The van der Waals surface area contributed by atoms with Gasteiger partial charge in [0.15, 0.2) is 5.58 Å². The van der Waals surface area contributed by atoms with Crippen molar-refractivity contribution in [2.75, 3.05) is 25.0 Å². The van der Waals surface area contributed by atoms with E-state index in [0.29, 0.717) is 17.1 Å². The lowest BCUT2D eigenvalue weighted by molar-refractivity contribution is -0.232. The standard InChI is InChI=1S/C17H20F3N3O6/c18-17(19,20)15(26)29-14(25)12(24)8-27-10-1-2-13-11(7-10)23-16(28-13)22-9-3-5-21-6-4-9/h1-2,7,9,12,14,21,24-25H,3-6,8H2,(H,22,23). The van der Waals surface area contributed by atoms with Crippen molar-refractivity contribution in [1.29, 1.82) is 0 Å². The first-order chi connectivity index (χ1) is 13.7. The predicted molar refractivity (Wildman–Crippen MR) is 93.2 cm³/mol. The first kappa shape index (κ1) is 21.1. The van der Waals surface area contributed by atoms with E-state index in [-0.39, 0.29) is 11.8 Å². The van der Waals surface area contributed by atoms with E-state index in [1.54, 1.807) is 6.07 Å². The molecule has 2 unspecified atom stereocenters. The second kappa shape index (κ2) is 8.84. The number of ether oxygens (including phenoxy) is 2. The highest BCUT2D eigenvalue weighted by Gasteiger charge is 2.43. The Balaban J connectivity index is 1.55. The number of nitrogens with zero attached hydrogens (tertiary/aromatic N) is 1. The molecule has 1 fully saturated rings. The van der Waals surface area contributed by atoms with Gasteiger partial charge in [0.2, 0.25) is 6.29 Å². The minimum atomic E-state index is -5.28. The van der Waals surface area contributed by atoms with Gasteiger partial charge in [-0.05, 0) is 38.1 Å². The highest BCUT2D eigenvalue weighted by Crippen LogP contribution is 2.25. The molecule has 1 aromatic carbocycles. The summed E-state index contributed by atoms with van der Waals surface area (Å²) in [4.78, 5) is 15.0. The van der Waals surface area contributed by atoms with Crippen LogP contribution in [0.15, 0.2) is 22.6 Å². The minimum absolute atomic E-state index is 0.229. The molecule has 12 heteroatoms. The summed E-state index contributed by atoms with van der Waals surface area (Å²) in [5.41, 5.74) is 0.964. The summed E-state index contributed by atoms with van der Waals surface area (Å²) in [7, 11) is 0. The summed E-state index contributed by atoms with van der Waals surface area (Å²) in [5.74, 6) is -2.38. The Morgan fingerprint density at radius 1 is 1.34 bits per heavy atom. The van der Waals surface area contributed by atoms with Crippen LogP contribution in [0.1, 0.15) is 12.8 Å². The number of aromatic nitrogens is 1. The number of carbonyl (C=O) groups excluding carboxylic acids is 1. The first-order valence-corrected chi connectivity index (χ1v) is 8.87. The zero-order valence-electron chi connectivity index (χ0n) is 15.1. The van der Waals surface area contributed by atoms with Crippen molar-refractivity contribution in [3.8, 4) is 5.75 Å². The van der Waals surface area contributed by atoms with Gasteiger partial charge in [0, 0.05) is 12.1 Å². The molecule has 0 aliphatic carbocycles. The maximum absolute atomic E-state index is 12.1. The molecule has 0 saturated carbocycles. The summed E-state index contributed by atoms with van der Waals surface area (Å²) < 4.78 is 50.9. The van der Waals surface area contributed by atoms with E-state index in [0.717, 1.165) is 25.9 Å². The largest absolute Gasteiger partial charge is 0.491 e. The number of hydrogen-bond acceptors (Lipinski definition) is 9. The second-order valence-electron chi connectivity index (χ2n) is 6.49. The lowest BCUT2D eigenvalue weighted by atomic mass is 10.1. The molecule has 2 atom stereocenters. The minimum Gasteiger partial charge on any atom is -0.491 e. The van der Waals surface area contributed by atoms with E-state index in [9.17, 15) is 28.2 Å². The van der Waals surface area contributed by atoms with Gasteiger partial charge >= 0.3 is 12.1 Å². The van der Waals surface area contributed by atoms with Crippen LogP contribution in [0.2, 0.25) is 0 Å². The molecule has 0 radical (unpaired) electrons. The second-order valence-corrected chi connectivity index (χ2v) is 6.49. The number of halogens is 3. The van der Waals surface area contributed by atoms with Crippen LogP contribution < -0.4 is 15.4 Å². The maximum Gasteiger partial charge on any atom is 0.491 e. The molecule has 1 aliphatic rings. The van der Waals surface area contributed by atoms with Crippen LogP contribution in [-0.2, 0) is 9.53 Å². The normalized spacial score (nSPS) is 17.7. The number of carbonyl (C=O) groups is 1. The van der Waals surface area contributed by atoms with Crippen LogP contribution in [0, 0.1) is 0 Å². The molecule has 0 amide bonds. The van der Waals surface area contributed by atoms with Crippen LogP contribution in [0.25, 0.3) is 11.1 Å². The van der Waals surface area contributed by atoms with Crippen molar-refractivity contribution in [3.63, 3.8) is 0 Å². The van der Waals surface area contributed by atoms with Crippen LogP contribution in [0.3, 0.4) is 0 Å². The van der Waals surface area contributed by atoms with E-state index in [1.807, 2.05) is 0 Å². The highest BCUT2D eigenvalue weighted by molar-refractivity contribution is 5.76. The van der Waals surface area contributed by atoms with Crippen molar-refractivity contribution in [3.05, 3.63) is 18.2 Å². The van der Waals surface area contributed by atoms with E-state index >= 15 is 0 Å². The SMILES string of the molecule is O=C(OC(O)C(O)COc1ccc2oc(NC3CCNCC3)nc2c1)C(F)(F)F. The van der Waals surface area contributed by atoms with Gasteiger partial charge in [-0.25, -0.2) is 4.79 Å². The summed E-state index contributed by atoms with van der Waals surface area (Å²) in [6.45, 7) is 1.19. The number of fused-ring (bicyclic) bond motifs is 1. The van der Waals surface area contributed by atoms with Crippen LogP contribution in [0.4, 0.5) is 19.2 Å². The van der Waals surface area contributed by atoms with Gasteiger partial charge in [-0.2, -0.15) is 18.2 Å². The molecule has 9 nitrogen and oxygen atoms in total. The van der Waals surface area contributed by atoms with Crippen molar-refractivity contribution in [1.82, 2.24) is 10.3 Å². The van der Waals surface area contributed by atoms with E-state index in [2.05, 4.69) is 20.4 Å². The average Bonchev–Trinajstić information content (AvgIpc) is 3.07. The molecule has 0 bridgehead atoms. The third-order valence-corrected chi connectivity index (χ3v) is 4.23. The zero-order valence-corrected chi connectivity index (χ0v) is 15.1. The van der Waals surface area contributed by atoms with Gasteiger partial charge in [-0.3, -0.25) is 0 Å². The van der Waals surface area contributed by atoms with Crippen LogP contribution in [0.5, 0.6) is 5.75 Å². The molecule has 1 aliphatic heterocycles. The number of oxazole rings is 1. The summed E-state index contributed by atoms with van der Waals surface area (Å²) in [5, 5.41) is 25.4. The van der Waals surface area contributed by atoms with Crippen molar-refractivity contribution >= 4 is 23.1 Å². The van der Waals surface area contributed by atoms with Gasteiger partial charge in [-0.1, -0.05) is 0 Å². The highest BCUT2D eigenvalue weighted by atomic mass is 19.4. The van der Waals surface area contributed by atoms with E-state index < -0.39 is 31.1 Å². The Hall–Kier alpha value is -2.57. The number of piperidine rings is 1. The number of esters is 1. The number of hydrogen-bond donors (Lipinski definition) is 4. The van der Waals surface area contributed by atoms with Crippen LogP contribution in [-0.4, -0.2) is 65.5 Å². The zero-order chi connectivity index (χ0) is 21.0. The molecule has 0 spiro atoms. The fourth-order valence-corrected chi connectivity index (χ4v) is 2.72. The first-order valence-electron chi connectivity index (χ1n) is 8.87. The van der Waals surface area contributed by atoms with E-state index in [4.69, 9.17) is 9.15 Å². The molecule has 160 valence electrons. The number of aliphatic hydroxyl groups is 2. The third-order valence-electron chi connectivity index (χ3n) is 4.23. The lowest BCUT2D eigenvalue weighted by Gasteiger charge is -2.22. The van der Waals surface area contributed by atoms with Crippen LogP contribution >= 0.6 is 0 Å². The van der Waals surface area contributed by atoms with Crippen molar-refractivity contribution in [2.45, 2.75) is 37.5 Å². The molecule has 3 rings (SSSR count). The summed E-state index contributed by atoms with van der Waals surface area (Å²) >= 11 is 0. The number of benzene rings is 1. The van der Waals surface area contributed by atoms with Crippen molar-refractivity contribution < 1.29 is 42.1 Å². The summed E-state index contributed by atoms with van der Waals surface area (Å²) in [6.07, 6.45) is -7.68. The molecule has 1 saturated heterocycles. The number of alkyl halides is 3. The molecular formula is C17H20F3N3O6. The number of rotatable bonds is 7. The molecule has 2 aromatic rings. The topological polar surface area (TPSA) is 126 Å². The molecule has 1 aromatic heterocycles. The number of nitrogens with one attached hydrogen (secondary N) is 2. The quantitative estimate of drug-likeness (QED) is 0.386. The smallest absolute Gasteiger partial charge is 0.491 e. The van der Waals surface area contributed by atoms with Gasteiger partial charge in [-0.15, -0.1) is 0 Å². The monoisotopic (exact) mass is 419 g/mol. The maximum atomic E-state index is 12.1. The number of anilines is 1. The van der Waals surface area contributed by atoms with Crippen molar-refractivity contribution in [2.24, 2.45) is 0 Å². The Morgan fingerprint density at radius 2 is 2.07 bits per heavy atom. The molecule has 29 heavy (non-hydrogen) atoms. The van der Waals surface area contributed by atoms with Gasteiger partial charge < -0.3 is 34.7 Å². The molecular weight excluding hydrogens is 399 g/mol. The van der Waals surface area contributed by atoms with Gasteiger partial charge in [0.25, 0.3) is 6.01 Å². The van der Waals surface area contributed by atoms with Gasteiger partial charge in [0.1, 0.15) is 24.0 Å². The molecule has 4 N–H and O–H groups in total. The lowest BCUT2D eigenvalue weighted by Crippen LogP contribution is -2.39. The average molecular weight is 419 g/mol. The summed E-state index contributed by atoms with van der Waals surface area (Å²) in [6, 6.07) is 5.20. The molecule has 2 heterocycles. The Labute approximate surface area is 162 Å². The Bertz CT molecular complexity index is 837. The van der Waals surface area contributed by atoms with Gasteiger partial charge in [0.05, 0.1) is 0 Å². The fourth-order valence-electron chi connectivity index (χ4n) is 2.72.